The molecular formula is C13H22N2O2. The van der Waals surface area contributed by atoms with Gasteiger partial charge >= 0.3 is 0 Å². The van der Waals surface area contributed by atoms with Crippen LogP contribution in [0.15, 0.2) is 0 Å². The Morgan fingerprint density at radius 2 is 1.59 bits per heavy atom. The Bertz CT molecular complexity index is 344. The van der Waals surface area contributed by atoms with Gasteiger partial charge < -0.3 is 5.32 Å². The molecule has 0 aromatic rings. The second-order valence-electron chi connectivity index (χ2n) is 6.78. The van der Waals surface area contributed by atoms with Crippen LogP contribution >= 0.6 is 0 Å². The van der Waals surface area contributed by atoms with E-state index < -0.39 is 0 Å². The second kappa shape index (κ2) is 3.80. The molecule has 1 unspecified atom stereocenters. The van der Waals surface area contributed by atoms with Gasteiger partial charge in [0.25, 0.3) is 0 Å². The van der Waals surface area contributed by atoms with Crippen molar-refractivity contribution in [3.05, 3.63) is 0 Å². The van der Waals surface area contributed by atoms with Gasteiger partial charge in [-0.1, -0.05) is 0 Å². The zero-order valence-corrected chi connectivity index (χ0v) is 11.1. The lowest BCUT2D eigenvalue weighted by Crippen LogP contribution is -2.59. The molecule has 0 aromatic carbocycles. The summed E-state index contributed by atoms with van der Waals surface area (Å²) in [6.45, 7) is 8.65. The molecule has 96 valence electrons. The van der Waals surface area contributed by atoms with Crippen LogP contribution in [0.2, 0.25) is 0 Å². The fraction of sp³-hybridized carbons (Fsp3) is 0.846. The van der Waals surface area contributed by atoms with Gasteiger partial charge in [-0.15, -0.1) is 0 Å². The molecule has 0 bridgehead atoms. The second-order valence-corrected chi connectivity index (χ2v) is 6.78. The first-order valence-electron chi connectivity index (χ1n) is 6.32. The summed E-state index contributed by atoms with van der Waals surface area (Å²) in [4.78, 5) is 23.0. The van der Waals surface area contributed by atoms with Crippen LogP contribution in [-0.4, -0.2) is 22.9 Å². The number of hydrogen-bond donors (Lipinski definition) is 2. The lowest BCUT2D eigenvalue weighted by molar-refractivity contribution is -0.126. The average molecular weight is 238 g/mol. The van der Waals surface area contributed by atoms with Gasteiger partial charge in [0.05, 0.1) is 5.92 Å². The van der Waals surface area contributed by atoms with E-state index in [2.05, 4.69) is 38.3 Å². The normalized spacial score (nSPS) is 32.6. The van der Waals surface area contributed by atoms with Gasteiger partial charge in [0, 0.05) is 17.5 Å². The predicted molar refractivity (Wildman–Crippen MR) is 65.3 cm³/mol. The van der Waals surface area contributed by atoms with Crippen molar-refractivity contribution in [2.75, 3.05) is 0 Å². The smallest absolute Gasteiger partial charge is 0.230 e. The largest absolute Gasteiger partial charge is 0.307 e. The van der Waals surface area contributed by atoms with E-state index in [1.165, 1.54) is 0 Å². The third-order valence-electron chi connectivity index (χ3n) is 3.80. The molecule has 2 rings (SSSR count). The van der Waals surface area contributed by atoms with Crippen LogP contribution in [0, 0.1) is 11.8 Å². The maximum Gasteiger partial charge on any atom is 0.230 e. The number of carbonyl (C=O) groups excluding carboxylic acids is 2. The molecule has 0 spiro atoms. The number of piperidine rings is 1. The summed E-state index contributed by atoms with van der Waals surface area (Å²) >= 11 is 0. The van der Waals surface area contributed by atoms with Crippen molar-refractivity contribution in [1.82, 2.24) is 10.6 Å². The van der Waals surface area contributed by atoms with Crippen molar-refractivity contribution in [2.24, 2.45) is 11.8 Å². The molecule has 0 aliphatic carbocycles. The molecule has 2 N–H and O–H groups in total. The van der Waals surface area contributed by atoms with Crippen LogP contribution in [0.1, 0.15) is 47.0 Å². The quantitative estimate of drug-likeness (QED) is 0.675. The van der Waals surface area contributed by atoms with E-state index in [1.54, 1.807) is 0 Å². The number of hydrogen-bond acceptors (Lipinski definition) is 3. The van der Waals surface area contributed by atoms with Gasteiger partial charge in [0.2, 0.25) is 11.8 Å². The maximum absolute atomic E-state index is 11.8. The minimum Gasteiger partial charge on any atom is -0.307 e. The Labute approximate surface area is 103 Å². The van der Waals surface area contributed by atoms with Crippen molar-refractivity contribution in [3.63, 3.8) is 0 Å². The van der Waals surface area contributed by atoms with Gasteiger partial charge in [0.1, 0.15) is 0 Å². The Morgan fingerprint density at radius 3 is 2.00 bits per heavy atom. The molecule has 2 aliphatic heterocycles. The van der Waals surface area contributed by atoms with E-state index in [9.17, 15) is 9.59 Å². The number of carbonyl (C=O) groups is 2. The SMILES string of the molecule is CC1(C)CC(C2CC(=O)NC2=O)CC(C)(C)N1. The highest BCUT2D eigenvalue weighted by Gasteiger charge is 2.45. The Hall–Kier alpha value is -0.900. The summed E-state index contributed by atoms with van der Waals surface area (Å²) in [6.07, 6.45) is 2.26. The first-order valence-corrected chi connectivity index (χ1v) is 6.32. The Kier molecular flexibility index (Phi) is 2.81. The van der Waals surface area contributed by atoms with Crippen molar-refractivity contribution in [3.8, 4) is 0 Å². The van der Waals surface area contributed by atoms with Crippen LogP contribution in [0.4, 0.5) is 0 Å². The molecule has 2 fully saturated rings. The van der Waals surface area contributed by atoms with E-state index in [0.717, 1.165) is 12.8 Å². The minimum absolute atomic E-state index is 0.0261. The molecule has 2 aliphatic rings. The molecule has 0 aromatic heterocycles. The third kappa shape index (κ3) is 2.68. The summed E-state index contributed by atoms with van der Waals surface area (Å²) < 4.78 is 0. The van der Waals surface area contributed by atoms with Gasteiger partial charge in [0.15, 0.2) is 0 Å². The molecule has 2 heterocycles. The molecule has 4 heteroatoms. The summed E-state index contributed by atoms with van der Waals surface area (Å²) in [7, 11) is 0. The summed E-state index contributed by atoms with van der Waals surface area (Å²) in [6, 6.07) is 0. The van der Waals surface area contributed by atoms with Crippen molar-refractivity contribution < 1.29 is 9.59 Å². The van der Waals surface area contributed by atoms with E-state index in [-0.39, 0.29) is 28.8 Å². The van der Waals surface area contributed by atoms with E-state index in [0.29, 0.717) is 12.3 Å². The molecular weight excluding hydrogens is 216 g/mol. The van der Waals surface area contributed by atoms with Crippen molar-refractivity contribution in [1.29, 1.82) is 0 Å². The zero-order chi connectivity index (χ0) is 12.8. The van der Waals surface area contributed by atoms with Crippen LogP contribution < -0.4 is 10.6 Å². The fourth-order valence-electron chi connectivity index (χ4n) is 3.64. The number of imide groups is 1. The van der Waals surface area contributed by atoms with Crippen molar-refractivity contribution >= 4 is 11.8 Å². The van der Waals surface area contributed by atoms with Crippen LogP contribution in [0.5, 0.6) is 0 Å². The van der Waals surface area contributed by atoms with Crippen molar-refractivity contribution in [2.45, 2.75) is 58.0 Å². The fourth-order valence-corrected chi connectivity index (χ4v) is 3.64. The standard InChI is InChI=1S/C13H22N2O2/c1-12(2)6-8(7-13(3,4)15-12)9-5-10(16)14-11(9)17/h8-9,15H,5-7H2,1-4H3,(H,14,16,17). The van der Waals surface area contributed by atoms with Crippen LogP contribution in [0.25, 0.3) is 0 Å². The summed E-state index contributed by atoms with van der Waals surface area (Å²) in [5, 5.41) is 6.02. The van der Waals surface area contributed by atoms with Crippen LogP contribution in [-0.2, 0) is 9.59 Å². The number of nitrogens with one attached hydrogen (secondary N) is 2. The first kappa shape index (κ1) is 12.6. The van der Waals surface area contributed by atoms with Gasteiger partial charge in [-0.05, 0) is 46.5 Å². The molecule has 1 atom stereocenters. The molecule has 2 saturated heterocycles. The van der Waals surface area contributed by atoms with E-state index in [1.807, 2.05) is 0 Å². The minimum atomic E-state index is -0.122. The van der Waals surface area contributed by atoms with Gasteiger partial charge in [-0.2, -0.15) is 0 Å². The summed E-state index contributed by atoms with van der Waals surface area (Å²) in [5.74, 6) is -0.0153. The molecule has 2 amide bonds. The number of amides is 2. The molecule has 17 heavy (non-hydrogen) atoms. The van der Waals surface area contributed by atoms with E-state index in [4.69, 9.17) is 0 Å². The maximum atomic E-state index is 11.8. The predicted octanol–water partition coefficient (Wildman–Crippen LogP) is 1.21. The lowest BCUT2D eigenvalue weighted by Gasteiger charge is -2.47. The summed E-state index contributed by atoms with van der Waals surface area (Å²) in [5.41, 5.74) is 0.0523. The number of rotatable bonds is 1. The average Bonchev–Trinajstić information content (AvgIpc) is 2.39. The third-order valence-corrected chi connectivity index (χ3v) is 3.80. The topological polar surface area (TPSA) is 58.2 Å². The zero-order valence-electron chi connectivity index (χ0n) is 11.1. The monoisotopic (exact) mass is 238 g/mol. The van der Waals surface area contributed by atoms with Crippen LogP contribution in [0.3, 0.4) is 0 Å². The van der Waals surface area contributed by atoms with Gasteiger partial charge in [-0.3, -0.25) is 14.9 Å². The first-order chi connectivity index (χ1) is 7.69. The highest BCUT2D eigenvalue weighted by atomic mass is 16.2. The molecule has 4 nitrogen and oxygen atoms in total. The molecule has 0 radical (unpaired) electrons. The van der Waals surface area contributed by atoms with Gasteiger partial charge in [-0.25, -0.2) is 0 Å². The lowest BCUT2D eigenvalue weighted by atomic mass is 9.70. The Morgan fingerprint density at radius 1 is 1.06 bits per heavy atom. The molecule has 0 saturated carbocycles. The highest BCUT2D eigenvalue weighted by molar-refractivity contribution is 6.03. The van der Waals surface area contributed by atoms with E-state index >= 15 is 0 Å². The highest BCUT2D eigenvalue weighted by Crippen LogP contribution is 2.39. The Balaban J connectivity index is 2.16.